The van der Waals surface area contributed by atoms with Gasteiger partial charge in [0.25, 0.3) is 5.91 Å². The number of morpholine rings is 1. The molecule has 0 N–H and O–H groups in total. The highest BCUT2D eigenvalue weighted by atomic mass is 16.5. The van der Waals surface area contributed by atoms with Crippen LogP contribution in [0.15, 0.2) is 85.2 Å². The first kappa shape index (κ1) is 18.5. The first-order valence-corrected chi connectivity index (χ1v) is 10.1. The average molecular weight is 395 g/mol. The van der Waals surface area contributed by atoms with Crippen molar-refractivity contribution in [1.82, 2.24) is 14.9 Å². The molecule has 1 saturated heterocycles. The number of rotatable bonds is 3. The highest BCUT2D eigenvalue weighted by Crippen LogP contribution is 2.28. The first-order valence-electron chi connectivity index (χ1n) is 10.1. The molecule has 3 heterocycles. The molecule has 1 aliphatic rings. The Labute approximate surface area is 175 Å². The molecule has 1 aliphatic heterocycles. The molecule has 0 radical (unpaired) electrons. The van der Waals surface area contributed by atoms with Gasteiger partial charge < -0.3 is 9.64 Å². The molecule has 0 spiro atoms. The van der Waals surface area contributed by atoms with Gasteiger partial charge in [-0.05, 0) is 29.8 Å². The van der Waals surface area contributed by atoms with Crippen molar-refractivity contribution < 1.29 is 9.53 Å². The summed E-state index contributed by atoms with van der Waals surface area (Å²) in [5.41, 5.74) is 4.19. The molecule has 1 fully saturated rings. The van der Waals surface area contributed by atoms with E-state index >= 15 is 0 Å². The second kappa shape index (κ2) is 8.05. The number of amides is 1. The van der Waals surface area contributed by atoms with Gasteiger partial charge in [-0.1, -0.05) is 48.5 Å². The minimum Gasteiger partial charge on any atom is -0.370 e. The summed E-state index contributed by atoms with van der Waals surface area (Å²) >= 11 is 0. The molecule has 5 heteroatoms. The lowest BCUT2D eigenvalue weighted by molar-refractivity contribution is -0.0227. The van der Waals surface area contributed by atoms with Crippen molar-refractivity contribution in [2.75, 3.05) is 19.7 Å². The van der Waals surface area contributed by atoms with Crippen molar-refractivity contribution in [3.05, 3.63) is 96.3 Å². The summed E-state index contributed by atoms with van der Waals surface area (Å²) in [6.45, 7) is 1.62. The molecular weight excluding hydrogens is 374 g/mol. The van der Waals surface area contributed by atoms with E-state index in [-0.39, 0.29) is 12.0 Å². The lowest BCUT2D eigenvalue weighted by Crippen LogP contribution is -2.42. The number of nitrogens with zero attached hydrogens (tertiary/aromatic N) is 3. The van der Waals surface area contributed by atoms with Gasteiger partial charge in [0, 0.05) is 29.9 Å². The fourth-order valence-electron chi connectivity index (χ4n) is 3.89. The summed E-state index contributed by atoms with van der Waals surface area (Å²) in [7, 11) is 0. The van der Waals surface area contributed by atoms with Gasteiger partial charge in [-0.2, -0.15) is 0 Å². The molecule has 0 aliphatic carbocycles. The Morgan fingerprint density at radius 3 is 2.67 bits per heavy atom. The number of ether oxygens (including phenoxy) is 1. The summed E-state index contributed by atoms with van der Waals surface area (Å²) in [5, 5.41) is 0.859. The zero-order chi connectivity index (χ0) is 20.3. The van der Waals surface area contributed by atoms with Crippen molar-refractivity contribution in [2.24, 2.45) is 0 Å². The highest BCUT2D eigenvalue weighted by molar-refractivity contribution is 6.07. The molecule has 30 heavy (non-hydrogen) atoms. The van der Waals surface area contributed by atoms with E-state index in [1.54, 1.807) is 12.4 Å². The van der Waals surface area contributed by atoms with Crippen LogP contribution in [0.2, 0.25) is 0 Å². The summed E-state index contributed by atoms with van der Waals surface area (Å²) in [6.07, 6.45) is 3.38. The number of carbonyl (C=O) groups excluding carboxylic acids is 1. The third-order valence-corrected chi connectivity index (χ3v) is 5.43. The van der Waals surface area contributed by atoms with Crippen molar-refractivity contribution in [2.45, 2.75) is 6.10 Å². The molecule has 4 aromatic rings. The van der Waals surface area contributed by atoms with Gasteiger partial charge >= 0.3 is 0 Å². The maximum Gasteiger partial charge on any atom is 0.254 e. The summed E-state index contributed by atoms with van der Waals surface area (Å²) in [6, 6.07) is 23.6. The maximum absolute atomic E-state index is 13.6. The molecule has 148 valence electrons. The zero-order valence-corrected chi connectivity index (χ0v) is 16.4. The summed E-state index contributed by atoms with van der Waals surface area (Å²) < 4.78 is 5.95. The summed E-state index contributed by atoms with van der Waals surface area (Å²) in [5.74, 6) is 0.00275. The van der Waals surface area contributed by atoms with Crippen molar-refractivity contribution in [3.63, 3.8) is 0 Å². The van der Waals surface area contributed by atoms with Crippen LogP contribution >= 0.6 is 0 Å². The van der Waals surface area contributed by atoms with E-state index in [0.29, 0.717) is 25.3 Å². The van der Waals surface area contributed by atoms with E-state index in [1.807, 2.05) is 77.7 Å². The average Bonchev–Trinajstić information content (AvgIpc) is 2.84. The van der Waals surface area contributed by atoms with Crippen LogP contribution in [0.4, 0.5) is 0 Å². The van der Waals surface area contributed by atoms with E-state index in [2.05, 4.69) is 4.98 Å². The lowest BCUT2D eigenvalue weighted by Gasteiger charge is -2.33. The Bertz CT molecular complexity index is 1180. The van der Waals surface area contributed by atoms with Gasteiger partial charge in [-0.3, -0.25) is 9.78 Å². The SMILES string of the molecule is O=C(c1cc(-c2cccnc2)nc2ccccc12)N1CCO[C@@H](c2ccccc2)C1. The number of hydrogen-bond acceptors (Lipinski definition) is 4. The van der Waals surface area contributed by atoms with E-state index in [1.165, 1.54) is 0 Å². The Morgan fingerprint density at radius 2 is 1.83 bits per heavy atom. The molecule has 1 atom stereocenters. The number of fused-ring (bicyclic) bond motifs is 1. The number of pyridine rings is 2. The Balaban J connectivity index is 1.52. The number of hydrogen-bond donors (Lipinski definition) is 0. The monoisotopic (exact) mass is 395 g/mol. The van der Waals surface area contributed by atoms with Crippen LogP contribution < -0.4 is 0 Å². The smallest absolute Gasteiger partial charge is 0.254 e. The first-order chi connectivity index (χ1) is 14.8. The van der Waals surface area contributed by atoms with Gasteiger partial charge in [0.15, 0.2) is 0 Å². The van der Waals surface area contributed by atoms with Crippen LogP contribution in [0.3, 0.4) is 0 Å². The highest BCUT2D eigenvalue weighted by Gasteiger charge is 2.27. The van der Waals surface area contributed by atoms with Crippen LogP contribution in [0.25, 0.3) is 22.2 Å². The lowest BCUT2D eigenvalue weighted by atomic mass is 10.0. The molecular formula is C25H21N3O2. The van der Waals surface area contributed by atoms with E-state index in [0.717, 1.165) is 27.7 Å². The topological polar surface area (TPSA) is 55.3 Å². The van der Waals surface area contributed by atoms with E-state index in [4.69, 9.17) is 9.72 Å². The van der Waals surface area contributed by atoms with E-state index in [9.17, 15) is 4.79 Å². The largest absolute Gasteiger partial charge is 0.370 e. The van der Waals surface area contributed by atoms with Crippen LogP contribution in [0.1, 0.15) is 22.0 Å². The molecule has 0 bridgehead atoms. The second-order valence-corrected chi connectivity index (χ2v) is 7.34. The third-order valence-electron chi connectivity index (χ3n) is 5.43. The van der Waals surface area contributed by atoms with Crippen molar-refractivity contribution >= 4 is 16.8 Å². The van der Waals surface area contributed by atoms with Crippen LogP contribution in [0.5, 0.6) is 0 Å². The predicted octanol–water partition coefficient (Wildman–Crippen LogP) is 4.51. The fourth-order valence-corrected chi connectivity index (χ4v) is 3.89. The quantitative estimate of drug-likeness (QED) is 0.512. The predicted molar refractivity (Wildman–Crippen MR) is 116 cm³/mol. The Hall–Kier alpha value is -3.57. The minimum absolute atomic E-state index is 0.00275. The van der Waals surface area contributed by atoms with Gasteiger partial charge in [-0.25, -0.2) is 4.98 Å². The van der Waals surface area contributed by atoms with Gasteiger partial charge in [-0.15, -0.1) is 0 Å². The molecule has 0 saturated carbocycles. The van der Waals surface area contributed by atoms with Crippen LogP contribution in [-0.2, 0) is 4.74 Å². The van der Waals surface area contributed by atoms with Crippen LogP contribution in [-0.4, -0.2) is 40.5 Å². The fraction of sp³-hybridized carbons (Fsp3) is 0.160. The number of benzene rings is 2. The van der Waals surface area contributed by atoms with Crippen molar-refractivity contribution in [3.8, 4) is 11.3 Å². The number of carbonyl (C=O) groups is 1. The molecule has 1 amide bonds. The third kappa shape index (κ3) is 3.55. The van der Waals surface area contributed by atoms with Gasteiger partial charge in [0.2, 0.25) is 0 Å². The van der Waals surface area contributed by atoms with E-state index < -0.39 is 0 Å². The maximum atomic E-state index is 13.6. The molecule has 2 aromatic heterocycles. The van der Waals surface area contributed by atoms with Crippen LogP contribution in [0, 0.1) is 0 Å². The molecule has 0 unspecified atom stereocenters. The number of aromatic nitrogens is 2. The molecule has 5 rings (SSSR count). The molecule has 2 aromatic carbocycles. The Kier molecular flexibility index (Phi) is 4.95. The number of para-hydroxylation sites is 1. The normalized spacial score (nSPS) is 16.5. The molecule has 5 nitrogen and oxygen atoms in total. The van der Waals surface area contributed by atoms with Gasteiger partial charge in [0.1, 0.15) is 6.10 Å². The minimum atomic E-state index is -0.116. The second-order valence-electron chi connectivity index (χ2n) is 7.34. The Morgan fingerprint density at radius 1 is 1.00 bits per heavy atom. The standard InChI is InChI=1S/C25H21N3O2/c29-25(28-13-14-30-24(17-28)18-7-2-1-3-8-18)21-15-23(19-9-6-12-26-16-19)27-22-11-5-4-10-20(21)22/h1-12,15-16,24H,13-14,17H2/t24-/m1/s1. The van der Waals surface area contributed by atoms with Crippen molar-refractivity contribution in [1.29, 1.82) is 0 Å². The summed E-state index contributed by atoms with van der Waals surface area (Å²) in [4.78, 5) is 24.4. The van der Waals surface area contributed by atoms with Gasteiger partial charge in [0.05, 0.1) is 29.9 Å². The zero-order valence-electron chi connectivity index (χ0n) is 16.4.